The van der Waals surface area contributed by atoms with Crippen LogP contribution in [0.3, 0.4) is 0 Å². The largest absolute Gasteiger partial charge is 0.374 e. The minimum atomic E-state index is -0.477. The molecule has 0 saturated carbocycles. The smallest absolute Gasteiger partial charge is 0.293 e. The summed E-state index contributed by atoms with van der Waals surface area (Å²) in [5, 5.41) is 14.2. The summed E-state index contributed by atoms with van der Waals surface area (Å²) >= 11 is 5.74. The van der Waals surface area contributed by atoms with E-state index >= 15 is 0 Å². The van der Waals surface area contributed by atoms with Crippen LogP contribution >= 0.6 is 11.6 Å². The molecule has 0 radical (unpaired) electrons. The molecule has 0 bridgehead atoms. The molecule has 2 aromatic rings. The number of anilines is 1. The molecular formula is C12H11ClN4O2. The van der Waals surface area contributed by atoms with E-state index in [4.69, 9.17) is 11.6 Å². The third-order valence-electron chi connectivity index (χ3n) is 2.45. The first kappa shape index (κ1) is 13.2. The van der Waals surface area contributed by atoms with Crippen LogP contribution in [0.4, 0.5) is 11.4 Å². The summed E-state index contributed by atoms with van der Waals surface area (Å²) in [7, 11) is 0. The van der Waals surface area contributed by atoms with E-state index in [1.807, 2.05) is 6.92 Å². The van der Waals surface area contributed by atoms with E-state index in [1.54, 1.807) is 24.5 Å². The Labute approximate surface area is 114 Å². The van der Waals surface area contributed by atoms with Crippen LogP contribution in [0.15, 0.2) is 30.6 Å². The minimum Gasteiger partial charge on any atom is -0.374 e. The Morgan fingerprint density at radius 2 is 2.16 bits per heavy atom. The van der Waals surface area contributed by atoms with Gasteiger partial charge in [-0.2, -0.15) is 0 Å². The quantitative estimate of drug-likeness (QED) is 0.687. The van der Waals surface area contributed by atoms with E-state index in [0.717, 1.165) is 5.69 Å². The predicted octanol–water partition coefficient (Wildman–Crippen LogP) is 2.96. The van der Waals surface area contributed by atoms with Crippen LogP contribution in [-0.4, -0.2) is 14.9 Å². The second kappa shape index (κ2) is 5.62. The fourth-order valence-corrected chi connectivity index (χ4v) is 1.67. The Morgan fingerprint density at radius 1 is 1.37 bits per heavy atom. The van der Waals surface area contributed by atoms with E-state index < -0.39 is 4.92 Å². The van der Waals surface area contributed by atoms with Crippen LogP contribution in [0, 0.1) is 17.0 Å². The zero-order valence-electron chi connectivity index (χ0n) is 10.1. The van der Waals surface area contributed by atoms with Crippen LogP contribution in [0.1, 0.15) is 11.4 Å². The average molecular weight is 279 g/mol. The summed E-state index contributed by atoms with van der Waals surface area (Å²) in [6.45, 7) is 2.20. The Balaban J connectivity index is 2.15. The average Bonchev–Trinajstić information content (AvgIpc) is 2.39. The van der Waals surface area contributed by atoms with Gasteiger partial charge in [-0.1, -0.05) is 11.6 Å². The zero-order valence-corrected chi connectivity index (χ0v) is 10.9. The van der Waals surface area contributed by atoms with Crippen LogP contribution in [-0.2, 0) is 6.54 Å². The van der Waals surface area contributed by atoms with E-state index in [1.165, 1.54) is 6.07 Å². The molecule has 1 aromatic heterocycles. The number of hydrogen-bond donors (Lipinski definition) is 1. The molecule has 0 aliphatic carbocycles. The highest BCUT2D eigenvalue weighted by atomic mass is 35.5. The monoisotopic (exact) mass is 278 g/mol. The molecule has 2 rings (SSSR count). The Morgan fingerprint density at radius 3 is 2.79 bits per heavy atom. The molecule has 0 unspecified atom stereocenters. The summed E-state index contributed by atoms with van der Waals surface area (Å²) in [6.07, 6.45) is 3.28. The molecule has 1 N–H and O–H groups in total. The number of nitro groups is 1. The number of aryl methyl sites for hydroxylation is 1. The Hall–Kier alpha value is -2.21. The number of nitro benzene ring substituents is 1. The van der Waals surface area contributed by atoms with Gasteiger partial charge in [-0.3, -0.25) is 20.1 Å². The van der Waals surface area contributed by atoms with Gasteiger partial charge in [0.05, 0.1) is 29.1 Å². The molecular weight excluding hydrogens is 268 g/mol. The topological polar surface area (TPSA) is 81.0 Å². The molecule has 1 heterocycles. The number of rotatable bonds is 4. The normalized spacial score (nSPS) is 10.2. The lowest BCUT2D eigenvalue weighted by Gasteiger charge is -2.06. The number of nitrogens with zero attached hydrogens (tertiary/aromatic N) is 3. The van der Waals surface area contributed by atoms with E-state index in [0.29, 0.717) is 22.9 Å². The van der Waals surface area contributed by atoms with Crippen molar-refractivity contribution in [3.05, 3.63) is 57.1 Å². The number of halogens is 1. The van der Waals surface area contributed by atoms with Gasteiger partial charge in [0.1, 0.15) is 5.69 Å². The summed E-state index contributed by atoms with van der Waals surface area (Å²) in [5.41, 5.74) is 1.86. The minimum absolute atomic E-state index is 0.0624. The first-order valence-corrected chi connectivity index (χ1v) is 5.89. The summed E-state index contributed by atoms with van der Waals surface area (Å²) < 4.78 is 0. The van der Waals surface area contributed by atoms with Crippen LogP contribution in [0.25, 0.3) is 0 Å². The Kier molecular flexibility index (Phi) is 3.91. The van der Waals surface area contributed by atoms with Crippen molar-refractivity contribution in [2.45, 2.75) is 13.5 Å². The summed E-state index contributed by atoms with van der Waals surface area (Å²) in [4.78, 5) is 18.7. The number of aromatic nitrogens is 2. The van der Waals surface area contributed by atoms with Crippen molar-refractivity contribution < 1.29 is 4.92 Å². The second-order valence-electron chi connectivity index (χ2n) is 3.92. The maximum atomic E-state index is 10.9. The molecule has 0 saturated heterocycles. The molecule has 0 aliphatic heterocycles. The summed E-state index contributed by atoms with van der Waals surface area (Å²) in [5.74, 6) is 0. The molecule has 98 valence electrons. The first-order valence-electron chi connectivity index (χ1n) is 5.51. The van der Waals surface area contributed by atoms with Crippen molar-refractivity contribution >= 4 is 23.0 Å². The second-order valence-corrected chi connectivity index (χ2v) is 4.36. The van der Waals surface area contributed by atoms with Crippen LogP contribution in [0.5, 0.6) is 0 Å². The van der Waals surface area contributed by atoms with Gasteiger partial charge in [0.25, 0.3) is 5.69 Å². The fraction of sp³-hybridized carbons (Fsp3) is 0.167. The van der Waals surface area contributed by atoms with Crippen molar-refractivity contribution in [2.24, 2.45) is 0 Å². The first-order chi connectivity index (χ1) is 9.06. The van der Waals surface area contributed by atoms with Gasteiger partial charge < -0.3 is 5.32 Å². The Bertz CT molecular complexity index is 601. The van der Waals surface area contributed by atoms with Crippen LogP contribution < -0.4 is 5.32 Å². The van der Waals surface area contributed by atoms with Crippen molar-refractivity contribution in [1.82, 2.24) is 9.97 Å². The van der Waals surface area contributed by atoms with Gasteiger partial charge in [-0.25, -0.2) is 0 Å². The molecule has 0 amide bonds. The van der Waals surface area contributed by atoms with Crippen molar-refractivity contribution in [3.63, 3.8) is 0 Å². The van der Waals surface area contributed by atoms with E-state index in [-0.39, 0.29) is 5.69 Å². The number of benzene rings is 1. The molecule has 0 atom stereocenters. The lowest BCUT2D eigenvalue weighted by Crippen LogP contribution is -2.04. The summed E-state index contributed by atoms with van der Waals surface area (Å²) in [6, 6.07) is 4.48. The van der Waals surface area contributed by atoms with Gasteiger partial charge in [0, 0.05) is 17.3 Å². The van der Waals surface area contributed by atoms with Crippen molar-refractivity contribution in [2.75, 3.05) is 5.32 Å². The molecule has 19 heavy (non-hydrogen) atoms. The van der Waals surface area contributed by atoms with E-state index in [2.05, 4.69) is 15.3 Å². The lowest BCUT2D eigenvalue weighted by molar-refractivity contribution is -0.383. The molecule has 0 fully saturated rings. The van der Waals surface area contributed by atoms with Gasteiger partial charge >= 0.3 is 0 Å². The molecule has 1 aromatic carbocycles. The molecule has 0 aliphatic rings. The highest BCUT2D eigenvalue weighted by Crippen LogP contribution is 2.27. The molecule has 0 spiro atoms. The highest BCUT2D eigenvalue weighted by Gasteiger charge is 2.13. The molecule has 7 heteroatoms. The lowest BCUT2D eigenvalue weighted by atomic mass is 10.2. The number of hydrogen-bond acceptors (Lipinski definition) is 5. The third kappa shape index (κ3) is 3.38. The van der Waals surface area contributed by atoms with Crippen molar-refractivity contribution in [1.29, 1.82) is 0 Å². The third-order valence-corrected chi connectivity index (χ3v) is 2.69. The standard InChI is InChI=1S/C12H11ClN4O2/c1-8-5-15-10(6-14-8)7-16-11-3-2-9(13)4-12(11)17(18)19/h2-6,16H,7H2,1H3. The van der Waals surface area contributed by atoms with Gasteiger partial charge in [0.15, 0.2) is 0 Å². The maximum absolute atomic E-state index is 10.9. The maximum Gasteiger partial charge on any atom is 0.293 e. The zero-order chi connectivity index (χ0) is 13.8. The van der Waals surface area contributed by atoms with E-state index in [9.17, 15) is 10.1 Å². The highest BCUT2D eigenvalue weighted by molar-refractivity contribution is 6.30. The van der Waals surface area contributed by atoms with Crippen molar-refractivity contribution in [3.8, 4) is 0 Å². The molecule has 6 nitrogen and oxygen atoms in total. The SMILES string of the molecule is Cc1cnc(CNc2ccc(Cl)cc2[N+](=O)[O-])cn1. The van der Waals surface area contributed by atoms with Gasteiger partial charge in [0.2, 0.25) is 0 Å². The predicted molar refractivity (Wildman–Crippen MR) is 72.2 cm³/mol. The fourth-order valence-electron chi connectivity index (χ4n) is 1.50. The number of nitrogens with one attached hydrogen (secondary N) is 1. The van der Waals surface area contributed by atoms with Gasteiger partial charge in [-0.15, -0.1) is 0 Å². The van der Waals surface area contributed by atoms with Crippen LogP contribution in [0.2, 0.25) is 5.02 Å². The van der Waals surface area contributed by atoms with Gasteiger partial charge in [-0.05, 0) is 19.1 Å².